The van der Waals surface area contributed by atoms with E-state index in [1.807, 2.05) is 11.4 Å². The molecule has 1 amide bonds. The molecule has 1 unspecified atom stereocenters. The van der Waals surface area contributed by atoms with Gasteiger partial charge in [-0.1, -0.05) is 0 Å². The van der Waals surface area contributed by atoms with Crippen molar-refractivity contribution in [2.24, 2.45) is 0 Å². The number of carbonyl (C=O) groups excluding carboxylic acids is 1. The maximum absolute atomic E-state index is 12.7. The predicted molar refractivity (Wildman–Crippen MR) is 90.0 cm³/mol. The van der Waals surface area contributed by atoms with Crippen LogP contribution in [0.1, 0.15) is 21.4 Å². The highest BCUT2D eigenvalue weighted by Gasteiger charge is 2.32. The van der Waals surface area contributed by atoms with Crippen LogP contribution in [0.15, 0.2) is 28.1 Å². The first-order valence-corrected chi connectivity index (χ1v) is 8.26. The standard InChI is InChI=1S/C15H15BrN2O3S/c1-18-14(13-4-8(16)7-22-13)17-10-6-12(21-3)11(20-2)5-9(10)15(18)19/h4-7,14,17H,1-3H3. The molecule has 1 aromatic carbocycles. The lowest BCUT2D eigenvalue weighted by Gasteiger charge is -2.35. The average molecular weight is 383 g/mol. The molecule has 0 spiro atoms. The van der Waals surface area contributed by atoms with Gasteiger partial charge in [0, 0.05) is 27.8 Å². The van der Waals surface area contributed by atoms with Crippen LogP contribution in [-0.2, 0) is 0 Å². The van der Waals surface area contributed by atoms with Crippen LogP contribution in [0.25, 0.3) is 0 Å². The topological polar surface area (TPSA) is 50.8 Å². The molecule has 1 atom stereocenters. The molecule has 0 aliphatic carbocycles. The van der Waals surface area contributed by atoms with Crippen molar-refractivity contribution in [3.63, 3.8) is 0 Å². The normalized spacial score (nSPS) is 17.0. The van der Waals surface area contributed by atoms with Crippen molar-refractivity contribution in [3.05, 3.63) is 38.5 Å². The van der Waals surface area contributed by atoms with E-state index in [1.54, 1.807) is 49.6 Å². The molecule has 0 saturated carbocycles. The Morgan fingerprint density at radius 3 is 2.50 bits per heavy atom. The average Bonchev–Trinajstić information content (AvgIpc) is 2.95. The largest absolute Gasteiger partial charge is 0.493 e. The van der Waals surface area contributed by atoms with Gasteiger partial charge in [0.15, 0.2) is 11.5 Å². The van der Waals surface area contributed by atoms with Gasteiger partial charge in [0.25, 0.3) is 5.91 Å². The minimum Gasteiger partial charge on any atom is -0.493 e. The molecule has 1 aliphatic heterocycles. The van der Waals surface area contributed by atoms with Crippen molar-refractivity contribution in [1.82, 2.24) is 4.90 Å². The smallest absolute Gasteiger partial charge is 0.257 e. The van der Waals surface area contributed by atoms with Gasteiger partial charge in [0.1, 0.15) is 6.17 Å². The number of ether oxygens (including phenoxy) is 2. The summed E-state index contributed by atoms with van der Waals surface area (Å²) in [5.41, 5.74) is 1.32. The number of rotatable bonds is 3. The second kappa shape index (κ2) is 5.81. The van der Waals surface area contributed by atoms with Gasteiger partial charge in [-0.2, -0.15) is 0 Å². The van der Waals surface area contributed by atoms with Crippen molar-refractivity contribution >= 4 is 38.9 Å². The maximum Gasteiger partial charge on any atom is 0.257 e. The molecule has 116 valence electrons. The number of fused-ring (bicyclic) bond motifs is 1. The third kappa shape index (κ3) is 2.44. The lowest BCUT2D eigenvalue weighted by Crippen LogP contribution is -2.39. The molecule has 3 rings (SSSR count). The molecule has 2 heterocycles. The predicted octanol–water partition coefficient (Wildman–Crippen LogP) is 3.72. The number of hydrogen-bond donors (Lipinski definition) is 1. The Hall–Kier alpha value is -1.73. The highest BCUT2D eigenvalue weighted by molar-refractivity contribution is 9.10. The van der Waals surface area contributed by atoms with Crippen LogP contribution in [0, 0.1) is 0 Å². The fourth-order valence-electron chi connectivity index (χ4n) is 2.46. The van der Waals surface area contributed by atoms with E-state index >= 15 is 0 Å². The van der Waals surface area contributed by atoms with E-state index in [0.29, 0.717) is 17.1 Å². The SMILES string of the molecule is COc1cc2c(cc1OC)C(=O)N(C)C(c1cc(Br)cs1)N2. The summed E-state index contributed by atoms with van der Waals surface area (Å²) in [5.74, 6) is 1.09. The highest BCUT2D eigenvalue weighted by Crippen LogP contribution is 2.40. The Bertz CT molecular complexity index is 732. The second-order valence-electron chi connectivity index (χ2n) is 4.88. The molecule has 0 radical (unpaired) electrons. The van der Waals surface area contributed by atoms with E-state index in [4.69, 9.17) is 9.47 Å². The first kappa shape index (κ1) is 15.2. The number of nitrogens with one attached hydrogen (secondary N) is 1. The van der Waals surface area contributed by atoms with Crippen LogP contribution in [0.2, 0.25) is 0 Å². The second-order valence-corrected chi connectivity index (χ2v) is 6.74. The maximum atomic E-state index is 12.7. The third-order valence-corrected chi connectivity index (χ3v) is 5.36. The summed E-state index contributed by atoms with van der Waals surface area (Å²) in [6.07, 6.45) is -0.200. The van der Waals surface area contributed by atoms with Gasteiger partial charge < -0.3 is 19.7 Å². The Morgan fingerprint density at radius 2 is 1.91 bits per heavy atom. The van der Waals surface area contributed by atoms with E-state index in [9.17, 15) is 4.79 Å². The molecule has 2 aromatic rings. The number of nitrogens with zero attached hydrogens (tertiary/aromatic N) is 1. The van der Waals surface area contributed by atoms with Gasteiger partial charge in [-0.15, -0.1) is 11.3 Å². The molecule has 1 aliphatic rings. The van der Waals surface area contributed by atoms with Gasteiger partial charge in [-0.25, -0.2) is 0 Å². The minimum absolute atomic E-state index is 0.0516. The number of benzene rings is 1. The molecule has 1 aromatic heterocycles. The van der Waals surface area contributed by atoms with Crippen LogP contribution in [0.3, 0.4) is 0 Å². The number of anilines is 1. The van der Waals surface area contributed by atoms with Gasteiger partial charge >= 0.3 is 0 Å². The van der Waals surface area contributed by atoms with E-state index < -0.39 is 0 Å². The van der Waals surface area contributed by atoms with E-state index in [2.05, 4.69) is 21.2 Å². The molecule has 1 N–H and O–H groups in total. The minimum atomic E-state index is -0.200. The summed E-state index contributed by atoms with van der Waals surface area (Å²) in [6.45, 7) is 0. The Kier molecular flexibility index (Phi) is 4.01. The zero-order chi connectivity index (χ0) is 15.9. The molecule has 0 saturated heterocycles. The van der Waals surface area contributed by atoms with Crippen LogP contribution in [0.5, 0.6) is 11.5 Å². The zero-order valence-corrected chi connectivity index (χ0v) is 14.7. The molecule has 22 heavy (non-hydrogen) atoms. The van der Waals surface area contributed by atoms with E-state index in [-0.39, 0.29) is 12.1 Å². The van der Waals surface area contributed by atoms with Crippen molar-refractivity contribution in [2.75, 3.05) is 26.6 Å². The number of halogens is 1. The summed E-state index contributed by atoms with van der Waals surface area (Å²) in [7, 11) is 4.92. The summed E-state index contributed by atoms with van der Waals surface area (Å²) < 4.78 is 11.6. The molecule has 7 heteroatoms. The zero-order valence-electron chi connectivity index (χ0n) is 12.3. The Balaban J connectivity index is 2.05. The van der Waals surface area contributed by atoms with Crippen LogP contribution in [0.4, 0.5) is 5.69 Å². The molecule has 0 fully saturated rings. The first-order chi connectivity index (χ1) is 10.5. The first-order valence-electron chi connectivity index (χ1n) is 6.58. The number of amides is 1. The Morgan fingerprint density at radius 1 is 1.23 bits per heavy atom. The summed E-state index contributed by atoms with van der Waals surface area (Å²) >= 11 is 5.04. The van der Waals surface area contributed by atoms with Gasteiger partial charge in [0.2, 0.25) is 0 Å². The van der Waals surface area contributed by atoms with Crippen LogP contribution < -0.4 is 14.8 Å². The summed E-state index contributed by atoms with van der Waals surface area (Å²) in [6, 6.07) is 5.52. The summed E-state index contributed by atoms with van der Waals surface area (Å²) in [4.78, 5) is 15.4. The number of thiophene rings is 1. The Labute approximate surface area is 141 Å². The lowest BCUT2D eigenvalue weighted by molar-refractivity contribution is 0.0737. The number of carbonyl (C=O) groups is 1. The molecular weight excluding hydrogens is 368 g/mol. The fourth-order valence-corrected chi connectivity index (χ4v) is 4.00. The van der Waals surface area contributed by atoms with Crippen molar-refractivity contribution in [1.29, 1.82) is 0 Å². The van der Waals surface area contributed by atoms with Crippen molar-refractivity contribution in [3.8, 4) is 11.5 Å². The number of hydrogen-bond acceptors (Lipinski definition) is 5. The van der Waals surface area contributed by atoms with Crippen molar-refractivity contribution < 1.29 is 14.3 Å². The lowest BCUT2D eigenvalue weighted by atomic mass is 10.1. The van der Waals surface area contributed by atoms with Gasteiger partial charge in [-0.3, -0.25) is 4.79 Å². The van der Waals surface area contributed by atoms with Crippen molar-refractivity contribution in [2.45, 2.75) is 6.17 Å². The molecular formula is C15H15BrN2O3S. The fraction of sp³-hybridized carbons (Fsp3) is 0.267. The monoisotopic (exact) mass is 382 g/mol. The molecule has 0 bridgehead atoms. The highest BCUT2D eigenvalue weighted by atomic mass is 79.9. The third-order valence-electron chi connectivity index (χ3n) is 3.61. The molecule has 5 nitrogen and oxygen atoms in total. The van der Waals surface area contributed by atoms with Crippen LogP contribution >= 0.6 is 27.3 Å². The van der Waals surface area contributed by atoms with E-state index in [0.717, 1.165) is 15.0 Å². The van der Waals surface area contributed by atoms with E-state index in [1.165, 1.54) is 0 Å². The van der Waals surface area contributed by atoms with Gasteiger partial charge in [0.05, 0.1) is 25.5 Å². The van der Waals surface area contributed by atoms with Gasteiger partial charge in [-0.05, 0) is 28.1 Å². The summed E-state index contributed by atoms with van der Waals surface area (Å²) in [5, 5.41) is 5.39. The number of methoxy groups -OCH3 is 2. The van der Waals surface area contributed by atoms with Crippen LogP contribution in [-0.4, -0.2) is 32.1 Å². The quantitative estimate of drug-likeness (QED) is 0.878.